The van der Waals surface area contributed by atoms with Crippen LogP contribution in [0.4, 0.5) is 0 Å². The van der Waals surface area contributed by atoms with E-state index in [2.05, 4.69) is 31.3 Å². The summed E-state index contributed by atoms with van der Waals surface area (Å²) >= 11 is 0. The number of amides is 1. The van der Waals surface area contributed by atoms with E-state index < -0.39 is 20.0 Å². The van der Waals surface area contributed by atoms with Crippen LogP contribution in [0.15, 0.2) is 24.3 Å². The summed E-state index contributed by atoms with van der Waals surface area (Å²) in [6, 6.07) is -0.883. The standard InChI is InChI=1S/C56H111N2O6P/c1-6-8-10-12-14-16-18-20-21-22-23-24-25-26-27-28-29-30-31-32-33-34-35-36-37-38-40-42-44-46-48-50-56(60)57-54(53-64-65(61,62)63-52-51-58(3,4)5)55(59)49-47-45-43-41-39-19-17-15-13-11-9-7-2/h26-27,47,49,54-55,59H,6-25,28-46,48,50-53H2,1-5H3,(H-,57,60,61,62)/b27-26-,49-47+. The number of phosphoric ester groups is 1. The SMILES string of the molecule is CCCCCCCCCCCC/C=C/C(O)C(COP(=O)([O-])OCC[N+](C)(C)C)NC(=O)CCCCCCCCCCCCCCCCC/C=C\CCCCCCCCCCCCCC. The minimum atomic E-state index is -4.59. The van der Waals surface area contributed by atoms with Crippen molar-refractivity contribution < 1.29 is 32.9 Å². The summed E-state index contributed by atoms with van der Waals surface area (Å²) in [7, 11) is 1.27. The lowest BCUT2D eigenvalue weighted by Crippen LogP contribution is -2.45. The Morgan fingerprint density at radius 1 is 0.523 bits per heavy atom. The number of hydrogen-bond donors (Lipinski definition) is 2. The first kappa shape index (κ1) is 64.0. The molecule has 3 atom stereocenters. The number of hydrogen-bond acceptors (Lipinski definition) is 6. The van der Waals surface area contributed by atoms with Crippen molar-refractivity contribution in [1.29, 1.82) is 0 Å². The summed E-state index contributed by atoms with van der Waals surface area (Å²) in [5.41, 5.74) is 0. The molecular weight excluding hydrogens is 828 g/mol. The number of carbonyl (C=O) groups excluding carboxylic acids is 1. The van der Waals surface area contributed by atoms with E-state index >= 15 is 0 Å². The number of nitrogens with one attached hydrogen (secondary N) is 1. The van der Waals surface area contributed by atoms with Crippen molar-refractivity contribution in [3.63, 3.8) is 0 Å². The van der Waals surface area contributed by atoms with Crippen LogP contribution in [-0.4, -0.2) is 68.5 Å². The number of aliphatic hydroxyl groups excluding tert-OH is 1. The van der Waals surface area contributed by atoms with Gasteiger partial charge in [0.15, 0.2) is 0 Å². The van der Waals surface area contributed by atoms with Gasteiger partial charge in [0.25, 0.3) is 7.82 Å². The Hall–Kier alpha value is -1.02. The Morgan fingerprint density at radius 3 is 1.20 bits per heavy atom. The molecule has 0 saturated heterocycles. The highest BCUT2D eigenvalue weighted by Crippen LogP contribution is 2.38. The third-order valence-corrected chi connectivity index (χ3v) is 13.9. The summed E-state index contributed by atoms with van der Waals surface area (Å²) in [6.07, 6.45) is 59.8. The Morgan fingerprint density at radius 2 is 0.846 bits per heavy atom. The van der Waals surface area contributed by atoms with E-state index in [-0.39, 0.29) is 19.1 Å². The van der Waals surface area contributed by atoms with Crippen molar-refractivity contribution in [2.75, 3.05) is 40.9 Å². The van der Waals surface area contributed by atoms with E-state index in [1.807, 2.05) is 27.2 Å². The molecule has 0 bridgehead atoms. The molecule has 0 fully saturated rings. The molecule has 1 amide bonds. The summed E-state index contributed by atoms with van der Waals surface area (Å²) in [4.78, 5) is 25.4. The van der Waals surface area contributed by atoms with Gasteiger partial charge in [-0.1, -0.05) is 250 Å². The van der Waals surface area contributed by atoms with Gasteiger partial charge >= 0.3 is 0 Å². The summed E-state index contributed by atoms with van der Waals surface area (Å²) < 4.78 is 23.3. The number of nitrogens with zero attached hydrogens (tertiary/aromatic N) is 1. The fraction of sp³-hybridized carbons (Fsp3) is 0.911. The second-order valence-electron chi connectivity index (χ2n) is 20.6. The average molecular weight is 939 g/mol. The van der Waals surface area contributed by atoms with Gasteiger partial charge in [0.2, 0.25) is 5.91 Å². The minimum absolute atomic E-state index is 0.000873. The topological polar surface area (TPSA) is 108 Å². The van der Waals surface area contributed by atoms with E-state index in [4.69, 9.17) is 9.05 Å². The first-order chi connectivity index (χ1) is 31.5. The number of allylic oxidation sites excluding steroid dienone is 3. The number of carbonyl (C=O) groups is 1. The molecule has 0 aliphatic rings. The lowest BCUT2D eigenvalue weighted by atomic mass is 10.0. The fourth-order valence-corrected chi connectivity index (χ4v) is 9.17. The zero-order chi connectivity index (χ0) is 47.8. The predicted octanol–water partition coefficient (Wildman–Crippen LogP) is 16.2. The zero-order valence-electron chi connectivity index (χ0n) is 44.0. The molecule has 2 N–H and O–H groups in total. The van der Waals surface area contributed by atoms with E-state index in [9.17, 15) is 19.4 Å². The first-order valence-electron chi connectivity index (χ1n) is 28.2. The third-order valence-electron chi connectivity index (χ3n) is 12.9. The van der Waals surface area contributed by atoms with Crippen LogP contribution in [0.2, 0.25) is 0 Å². The highest BCUT2D eigenvalue weighted by Gasteiger charge is 2.23. The average Bonchev–Trinajstić information content (AvgIpc) is 3.26. The molecule has 3 unspecified atom stereocenters. The van der Waals surface area contributed by atoms with Crippen LogP contribution in [0.25, 0.3) is 0 Å². The molecule has 0 aromatic rings. The maximum atomic E-state index is 12.9. The van der Waals surface area contributed by atoms with Crippen molar-refractivity contribution in [3.05, 3.63) is 24.3 Å². The fourth-order valence-electron chi connectivity index (χ4n) is 8.44. The largest absolute Gasteiger partial charge is 0.756 e. The molecule has 0 saturated carbocycles. The maximum Gasteiger partial charge on any atom is 0.268 e. The molecule has 0 aromatic heterocycles. The van der Waals surface area contributed by atoms with Gasteiger partial charge in [-0.05, 0) is 44.9 Å². The quantitative estimate of drug-likeness (QED) is 0.0272. The van der Waals surface area contributed by atoms with Crippen LogP contribution < -0.4 is 10.2 Å². The molecule has 8 nitrogen and oxygen atoms in total. The van der Waals surface area contributed by atoms with E-state index in [1.54, 1.807) is 6.08 Å². The lowest BCUT2D eigenvalue weighted by molar-refractivity contribution is -0.870. The van der Waals surface area contributed by atoms with Crippen molar-refractivity contribution in [2.45, 2.75) is 289 Å². The lowest BCUT2D eigenvalue weighted by Gasteiger charge is -2.29. The van der Waals surface area contributed by atoms with E-state index in [0.29, 0.717) is 17.4 Å². The Bertz CT molecular complexity index is 1110. The second kappa shape index (κ2) is 48.0. The van der Waals surface area contributed by atoms with Gasteiger partial charge < -0.3 is 28.8 Å². The number of unbranched alkanes of at least 4 members (excludes halogenated alkanes) is 37. The van der Waals surface area contributed by atoms with Crippen LogP contribution in [0.3, 0.4) is 0 Å². The summed E-state index contributed by atoms with van der Waals surface area (Å²) in [5, 5.41) is 13.8. The van der Waals surface area contributed by atoms with Crippen LogP contribution >= 0.6 is 7.82 Å². The molecular formula is C56H111N2O6P. The van der Waals surface area contributed by atoms with Gasteiger partial charge in [0.1, 0.15) is 13.2 Å². The molecule has 0 radical (unpaired) electrons. The van der Waals surface area contributed by atoms with Crippen molar-refractivity contribution in [3.8, 4) is 0 Å². The highest BCUT2D eigenvalue weighted by molar-refractivity contribution is 7.45. The van der Waals surface area contributed by atoms with E-state index in [0.717, 1.165) is 38.5 Å². The van der Waals surface area contributed by atoms with Crippen LogP contribution in [0, 0.1) is 0 Å². The molecule has 0 aromatic carbocycles. The minimum Gasteiger partial charge on any atom is -0.756 e. The Balaban J connectivity index is 4.01. The van der Waals surface area contributed by atoms with E-state index in [1.165, 1.54) is 218 Å². The molecule has 9 heteroatoms. The Labute approximate surface area is 404 Å². The third kappa shape index (κ3) is 50.7. The first-order valence-corrected chi connectivity index (χ1v) is 29.7. The van der Waals surface area contributed by atoms with Crippen molar-refractivity contribution in [2.24, 2.45) is 0 Å². The normalized spacial score (nSPS) is 14.1. The Kier molecular flexibility index (Phi) is 47.3. The van der Waals surface area contributed by atoms with Gasteiger partial charge in [0.05, 0.1) is 39.9 Å². The number of likely N-dealkylation sites (N-methyl/N-ethyl adjacent to an activating group) is 1. The highest BCUT2D eigenvalue weighted by atomic mass is 31.2. The molecule has 0 rings (SSSR count). The zero-order valence-corrected chi connectivity index (χ0v) is 44.9. The molecule has 0 spiro atoms. The summed E-state index contributed by atoms with van der Waals surface area (Å²) in [6.45, 7) is 4.67. The monoisotopic (exact) mass is 939 g/mol. The summed E-state index contributed by atoms with van der Waals surface area (Å²) in [5.74, 6) is -0.194. The van der Waals surface area contributed by atoms with Gasteiger partial charge in [-0.15, -0.1) is 0 Å². The van der Waals surface area contributed by atoms with Crippen molar-refractivity contribution in [1.82, 2.24) is 5.32 Å². The van der Waals surface area contributed by atoms with Gasteiger partial charge in [-0.3, -0.25) is 9.36 Å². The molecule has 65 heavy (non-hydrogen) atoms. The van der Waals surface area contributed by atoms with Crippen LogP contribution in [0.5, 0.6) is 0 Å². The molecule has 0 aliphatic carbocycles. The van der Waals surface area contributed by atoms with Gasteiger partial charge in [0, 0.05) is 6.42 Å². The molecule has 0 heterocycles. The molecule has 0 aliphatic heterocycles. The second-order valence-corrected chi connectivity index (χ2v) is 22.1. The van der Waals surface area contributed by atoms with Gasteiger partial charge in [-0.25, -0.2) is 0 Å². The number of quaternary nitrogens is 1. The van der Waals surface area contributed by atoms with Gasteiger partial charge in [-0.2, -0.15) is 0 Å². The number of aliphatic hydroxyl groups is 1. The maximum absolute atomic E-state index is 12.9. The van der Waals surface area contributed by atoms with Crippen molar-refractivity contribution >= 4 is 13.7 Å². The number of phosphoric acid groups is 1. The van der Waals surface area contributed by atoms with Crippen LogP contribution in [0.1, 0.15) is 277 Å². The molecule has 386 valence electrons. The predicted molar refractivity (Wildman–Crippen MR) is 279 cm³/mol. The van der Waals surface area contributed by atoms with Crippen LogP contribution in [-0.2, 0) is 18.4 Å². The number of rotatable bonds is 52. The smallest absolute Gasteiger partial charge is 0.268 e.